The highest BCUT2D eigenvalue weighted by Gasteiger charge is 2.18. The van der Waals surface area contributed by atoms with Crippen LogP contribution in [0.4, 0.5) is 17.2 Å². The molecule has 0 amide bonds. The lowest BCUT2D eigenvalue weighted by Crippen LogP contribution is -2.29. The summed E-state index contributed by atoms with van der Waals surface area (Å²) in [6, 6.07) is 19.4. The average Bonchev–Trinajstić information content (AvgIpc) is 3.22. The Morgan fingerprint density at radius 1 is 0.840 bits per heavy atom. The van der Waals surface area contributed by atoms with E-state index in [2.05, 4.69) is 56.8 Å². The molecule has 0 spiro atoms. The summed E-state index contributed by atoms with van der Waals surface area (Å²) in [6.07, 6.45) is 3.97. The van der Waals surface area contributed by atoms with Crippen LogP contribution in [0.5, 0.6) is 0 Å². The van der Waals surface area contributed by atoms with Crippen molar-refractivity contribution in [1.82, 2.24) is 10.2 Å². The third-order valence-corrected chi connectivity index (χ3v) is 5.22. The molecule has 2 heterocycles. The first kappa shape index (κ1) is 14.5. The van der Waals surface area contributed by atoms with Gasteiger partial charge < -0.3 is 10.2 Å². The largest absolute Gasteiger partial charge is 0.372 e. The zero-order valence-electron chi connectivity index (χ0n) is 14.2. The highest BCUT2D eigenvalue weighted by atomic mass is 15.2. The van der Waals surface area contributed by atoms with Crippen molar-refractivity contribution in [2.75, 3.05) is 23.3 Å². The summed E-state index contributed by atoms with van der Waals surface area (Å²) in [6.45, 7) is 2.36. The van der Waals surface area contributed by atoms with E-state index in [1.165, 1.54) is 60.1 Å². The van der Waals surface area contributed by atoms with Gasteiger partial charge in [0.2, 0.25) is 0 Å². The fourth-order valence-corrected chi connectivity index (χ4v) is 3.91. The van der Waals surface area contributed by atoms with Gasteiger partial charge in [0.15, 0.2) is 0 Å². The fourth-order valence-electron chi connectivity index (χ4n) is 3.91. The van der Waals surface area contributed by atoms with Crippen molar-refractivity contribution in [3.05, 3.63) is 54.6 Å². The summed E-state index contributed by atoms with van der Waals surface area (Å²) in [5, 5.41) is 12.6. The predicted molar refractivity (Wildman–Crippen MR) is 105 cm³/mol. The zero-order valence-corrected chi connectivity index (χ0v) is 14.2. The summed E-state index contributed by atoms with van der Waals surface area (Å²) in [5.41, 5.74) is 4.80. The number of H-pyrrole nitrogens is 2. The van der Waals surface area contributed by atoms with E-state index in [0.29, 0.717) is 0 Å². The molecule has 2 aliphatic heterocycles. The number of benzene rings is 2. The van der Waals surface area contributed by atoms with E-state index in [-0.39, 0.29) is 0 Å². The van der Waals surface area contributed by atoms with E-state index in [4.69, 9.17) is 0 Å². The number of rotatable bonds is 3. The first-order chi connectivity index (χ1) is 12.4. The first-order valence-corrected chi connectivity index (χ1v) is 9.08. The maximum absolute atomic E-state index is 3.47. The Kier molecular flexibility index (Phi) is 3.40. The van der Waals surface area contributed by atoms with Gasteiger partial charge in [0, 0.05) is 35.4 Å². The minimum atomic E-state index is 1.01. The highest BCUT2D eigenvalue weighted by molar-refractivity contribution is 6.05. The minimum Gasteiger partial charge on any atom is -0.372 e. The summed E-state index contributed by atoms with van der Waals surface area (Å²) in [5.74, 6) is 1.01. The molecular weight excluding hydrogens is 308 g/mol. The van der Waals surface area contributed by atoms with Crippen molar-refractivity contribution in [2.24, 2.45) is 0 Å². The number of nitrogens with zero attached hydrogens (tertiary/aromatic N) is 1. The van der Waals surface area contributed by atoms with E-state index in [1.54, 1.807) is 0 Å². The smallest absolute Gasteiger partial charge is 0.132 e. The number of nitrogens with one attached hydrogen (secondary N) is 3. The first-order valence-electron chi connectivity index (χ1n) is 9.08. The third-order valence-electron chi connectivity index (χ3n) is 5.22. The van der Waals surface area contributed by atoms with Gasteiger partial charge in [0.05, 0.1) is 5.69 Å². The number of hydrogen-bond donors (Lipinski definition) is 3. The van der Waals surface area contributed by atoms with Crippen LogP contribution >= 0.6 is 0 Å². The van der Waals surface area contributed by atoms with Gasteiger partial charge in [0.1, 0.15) is 5.82 Å². The standard InChI is InChI=1S/C21H22N4/c1-3-7-16(8-4-1)22-21-19-14-15-13-17(25-11-5-2-6-12-25)9-10-18(15)20(19)23-24-21/h1,3-4,7-10,13-14,22-24H,2,5-6,11-12H2. The molecule has 0 aromatic heterocycles. The third kappa shape index (κ3) is 2.54. The van der Waals surface area contributed by atoms with E-state index in [0.717, 1.165) is 11.5 Å². The topological polar surface area (TPSA) is 46.9 Å². The Balaban J connectivity index is 1.52. The van der Waals surface area contributed by atoms with Crippen molar-refractivity contribution in [1.29, 1.82) is 0 Å². The number of hydrogen-bond acceptors (Lipinski definition) is 2. The van der Waals surface area contributed by atoms with E-state index >= 15 is 0 Å². The second kappa shape index (κ2) is 5.88. The molecule has 3 aliphatic rings. The van der Waals surface area contributed by atoms with Crippen LogP contribution in [0.1, 0.15) is 19.3 Å². The lowest BCUT2D eigenvalue weighted by molar-refractivity contribution is 0.578. The Morgan fingerprint density at radius 2 is 1.68 bits per heavy atom. The maximum atomic E-state index is 3.47. The van der Waals surface area contributed by atoms with Gasteiger partial charge in [-0.2, -0.15) is 0 Å². The lowest BCUT2D eigenvalue weighted by Gasteiger charge is -2.28. The summed E-state index contributed by atoms with van der Waals surface area (Å²) in [7, 11) is 0. The van der Waals surface area contributed by atoms with Gasteiger partial charge in [-0.25, -0.2) is 0 Å². The number of anilines is 3. The molecule has 0 saturated carbocycles. The molecule has 0 bridgehead atoms. The molecule has 0 atom stereocenters. The molecule has 0 unspecified atom stereocenters. The predicted octanol–water partition coefficient (Wildman–Crippen LogP) is 5.33. The minimum absolute atomic E-state index is 1.01. The molecule has 3 N–H and O–H groups in total. The van der Waals surface area contributed by atoms with Gasteiger partial charge in [-0.3, -0.25) is 10.2 Å². The lowest BCUT2D eigenvalue weighted by atomic mass is 10.1. The monoisotopic (exact) mass is 330 g/mol. The molecule has 1 aliphatic carbocycles. The van der Waals surface area contributed by atoms with Crippen LogP contribution in [0.2, 0.25) is 0 Å². The number of fused-ring (bicyclic) bond motifs is 3. The molecule has 0 radical (unpaired) electrons. The van der Waals surface area contributed by atoms with E-state index in [1.807, 2.05) is 18.2 Å². The number of para-hydroxylation sites is 1. The Hall–Kier alpha value is -2.88. The van der Waals surface area contributed by atoms with Crippen molar-refractivity contribution in [3.63, 3.8) is 0 Å². The number of aromatic amines is 2. The molecule has 1 fully saturated rings. The van der Waals surface area contributed by atoms with Crippen LogP contribution in [0.15, 0.2) is 54.6 Å². The average molecular weight is 330 g/mol. The van der Waals surface area contributed by atoms with Gasteiger partial charge in [-0.15, -0.1) is 0 Å². The zero-order chi connectivity index (χ0) is 16.6. The SMILES string of the molecule is c1ccc(Nc2[nH][nH]c3c4ccc(N5CCCCC5)cc4cc2-3)cc1. The summed E-state index contributed by atoms with van der Waals surface area (Å²) >= 11 is 0. The van der Waals surface area contributed by atoms with E-state index in [9.17, 15) is 0 Å². The molecular formula is C21H22N4. The molecule has 126 valence electrons. The molecule has 5 rings (SSSR count). The molecule has 4 nitrogen and oxygen atoms in total. The van der Waals surface area contributed by atoms with Crippen molar-refractivity contribution < 1.29 is 0 Å². The fraction of sp³-hybridized carbons (Fsp3) is 0.238. The van der Waals surface area contributed by atoms with Gasteiger partial charge in [-0.1, -0.05) is 24.3 Å². The second-order valence-corrected chi connectivity index (χ2v) is 6.87. The summed E-state index contributed by atoms with van der Waals surface area (Å²) < 4.78 is 0. The summed E-state index contributed by atoms with van der Waals surface area (Å²) in [4.78, 5) is 2.51. The quantitative estimate of drug-likeness (QED) is 0.475. The molecule has 4 heteroatoms. The van der Waals surface area contributed by atoms with Crippen LogP contribution in [-0.2, 0) is 0 Å². The highest BCUT2D eigenvalue weighted by Crippen LogP contribution is 2.39. The number of piperidine rings is 1. The normalized spacial score (nSPS) is 15.1. The van der Waals surface area contributed by atoms with Crippen molar-refractivity contribution >= 4 is 28.0 Å². The van der Waals surface area contributed by atoms with Crippen LogP contribution in [0.3, 0.4) is 0 Å². The Bertz CT molecular complexity index is 960. The molecule has 2 aromatic rings. The number of aromatic nitrogens is 2. The molecule has 25 heavy (non-hydrogen) atoms. The van der Waals surface area contributed by atoms with Crippen LogP contribution in [-0.4, -0.2) is 23.3 Å². The van der Waals surface area contributed by atoms with Crippen LogP contribution < -0.4 is 10.2 Å². The Labute approximate surface area is 147 Å². The van der Waals surface area contributed by atoms with Crippen LogP contribution in [0, 0.1) is 0 Å². The van der Waals surface area contributed by atoms with Crippen molar-refractivity contribution in [2.45, 2.75) is 19.3 Å². The van der Waals surface area contributed by atoms with Gasteiger partial charge >= 0.3 is 0 Å². The van der Waals surface area contributed by atoms with Gasteiger partial charge in [-0.05, 0) is 55.0 Å². The second-order valence-electron chi connectivity index (χ2n) is 6.87. The molecule has 1 saturated heterocycles. The molecule has 2 aromatic carbocycles. The van der Waals surface area contributed by atoms with Gasteiger partial charge in [0.25, 0.3) is 0 Å². The van der Waals surface area contributed by atoms with Crippen molar-refractivity contribution in [3.8, 4) is 11.3 Å². The Morgan fingerprint density at radius 3 is 2.52 bits per heavy atom. The van der Waals surface area contributed by atoms with E-state index < -0.39 is 0 Å². The van der Waals surface area contributed by atoms with Crippen LogP contribution in [0.25, 0.3) is 22.0 Å². The maximum Gasteiger partial charge on any atom is 0.132 e.